The van der Waals surface area contributed by atoms with Crippen molar-refractivity contribution < 1.29 is 35.3 Å². The van der Waals surface area contributed by atoms with Gasteiger partial charge in [0.15, 0.2) is 5.78 Å². The predicted molar refractivity (Wildman–Crippen MR) is 205 cm³/mol. The molecule has 8 nitrogen and oxygen atoms in total. The van der Waals surface area contributed by atoms with Gasteiger partial charge in [-0.1, -0.05) is 66.2 Å². The number of epoxide rings is 1. The van der Waals surface area contributed by atoms with E-state index in [2.05, 4.69) is 33.0 Å². The standard InChI is InChI=1S/C45H74N2O6/c1-40(2,19-16-27-18-21-47-34(46)22-27)44(6,51)39-38(53-39)43(5,50)33-23-29-14-15-31-36-35(41(3)20-17-30(48)24-32(41)37(31)49)28(25-42(33,4)45(29,36)52)13-12-26-10-8-7-9-11-26/h26-30,32-35,38-39,47-48,50-52H,7-25,46H2,1-6H3/p+1. The molecule has 8 heteroatoms. The van der Waals surface area contributed by atoms with Gasteiger partial charge in [0.2, 0.25) is 0 Å². The van der Waals surface area contributed by atoms with Crippen molar-refractivity contribution in [1.29, 1.82) is 0 Å². The van der Waals surface area contributed by atoms with Crippen LogP contribution < -0.4 is 11.1 Å². The molecule has 2 saturated heterocycles. The lowest BCUT2D eigenvalue weighted by Gasteiger charge is -2.65. The number of rotatable bonds is 10. The van der Waals surface area contributed by atoms with E-state index in [1.54, 1.807) is 0 Å². The molecule has 8 N–H and O–H groups in total. The summed E-state index contributed by atoms with van der Waals surface area (Å²) in [5, 5.41) is 51.9. The third-order valence-corrected chi connectivity index (χ3v) is 18.5. The molecule has 6 fully saturated rings. The molecule has 15 unspecified atom stereocenters. The normalized spacial score (nSPS) is 48.1. The number of carbonyl (C=O) groups excluding carboxylic acids is 1. The van der Waals surface area contributed by atoms with E-state index in [0.29, 0.717) is 37.5 Å². The van der Waals surface area contributed by atoms with Gasteiger partial charge < -0.3 is 30.5 Å². The Morgan fingerprint density at radius 2 is 1.64 bits per heavy atom. The second-order valence-electron chi connectivity index (χ2n) is 21.8. The lowest BCUT2D eigenvalue weighted by atomic mass is 9.40. The Bertz CT molecular complexity index is 1450. The Morgan fingerprint density at radius 1 is 0.906 bits per heavy atom. The lowest BCUT2D eigenvalue weighted by molar-refractivity contribution is -0.699. The third-order valence-electron chi connectivity index (χ3n) is 18.5. The van der Waals surface area contributed by atoms with E-state index < -0.39 is 45.9 Å². The Labute approximate surface area is 319 Å². The number of quaternary nitrogens is 1. The highest BCUT2D eigenvalue weighted by atomic mass is 16.6. The molecular formula is C45H75N2O6+. The van der Waals surface area contributed by atoms with Gasteiger partial charge in [-0.15, -0.1) is 0 Å². The average Bonchev–Trinajstić information content (AvgIpc) is 3.90. The monoisotopic (exact) mass is 740 g/mol. The van der Waals surface area contributed by atoms with Crippen LogP contribution in [0.15, 0.2) is 11.1 Å². The molecule has 4 saturated carbocycles. The molecule has 0 bridgehead atoms. The van der Waals surface area contributed by atoms with Crippen LogP contribution in [0, 0.1) is 57.7 Å². The Kier molecular flexibility index (Phi) is 9.81. The van der Waals surface area contributed by atoms with Gasteiger partial charge in [0, 0.05) is 17.8 Å². The van der Waals surface area contributed by atoms with Crippen LogP contribution in [0.3, 0.4) is 0 Å². The van der Waals surface area contributed by atoms with Crippen LogP contribution in [0.1, 0.15) is 157 Å². The molecule has 0 spiro atoms. The maximum absolute atomic E-state index is 14.6. The molecule has 8 rings (SSSR count). The first-order valence-corrected chi connectivity index (χ1v) is 22.2. The topological polar surface area (TPSA) is 153 Å². The Hall–Kier alpha value is -0.870. The SMILES string of the molecule is CC(O)(C1OC1C(C)(O)C(C)(C)CCC1CC[NH2+]C(N)C1)C1CC2CCC3=C4C(C(CCC5CCCCC5)CC1(C)C42O)C1(C)CCC(O)CC1C3=O. The summed E-state index contributed by atoms with van der Waals surface area (Å²) in [6, 6.07) is 0. The van der Waals surface area contributed by atoms with Gasteiger partial charge in [-0.25, -0.2) is 0 Å². The largest absolute Gasteiger partial charge is 0.393 e. The van der Waals surface area contributed by atoms with Crippen molar-refractivity contribution in [2.24, 2.45) is 63.4 Å². The number of carbonyl (C=O) groups is 1. The lowest BCUT2D eigenvalue weighted by Crippen LogP contribution is -2.94. The summed E-state index contributed by atoms with van der Waals surface area (Å²) >= 11 is 0. The molecule has 300 valence electrons. The maximum Gasteiger partial charge on any atom is 0.162 e. The fourth-order valence-corrected chi connectivity index (χ4v) is 14.9. The first-order valence-electron chi connectivity index (χ1n) is 22.2. The number of piperidine rings is 1. The van der Waals surface area contributed by atoms with Crippen LogP contribution >= 0.6 is 0 Å². The molecule has 6 aliphatic carbocycles. The first-order chi connectivity index (χ1) is 24.9. The molecule has 15 atom stereocenters. The molecule has 2 heterocycles. The molecule has 0 aromatic rings. The van der Waals surface area contributed by atoms with Crippen molar-refractivity contribution in [2.45, 2.75) is 198 Å². The minimum Gasteiger partial charge on any atom is -0.393 e. The summed E-state index contributed by atoms with van der Waals surface area (Å²) in [6.45, 7) is 13.8. The highest BCUT2D eigenvalue weighted by Gasteiger charge is 2.77. The molecule has 0 amide bonds. The van der Waals surface area contributed by atoms with E-state index in [0.717, 1.165) is 75.0 Å². The highest BCUT2D eigenvalue weighted by molar-refractivity contribution is 6.00. The highest BCUT2D eigenvalue weighted by Crippen LogP contribution is 2.75. The number of fused-ring (bicyclic) bond motifs is 2. The number of hydrogen-bond acceptors (Lipinski definition) is 7. The fraction of sp³-hybridized carbons (Fsp3) is 0.933. The van der Waals surface area contributed by atoms with Gasteiger partial charge in [-0.3, -0.25) is 10.5 Å². The molecule has 0 aromatic heterocycles. The molecule has 0 aromatic carbocycles. The summed E-state index contributed by atoms with van der Waals surface area (Å²) in [5.41, 5.74) is 3.29. The van der Waals surface area contributed by atoms with Crippen molar-refractivity contribution >= 4 is 5.78 Å². The summed E-state index contributed by atoms with van der Waals surface area (Å²) in [7, 11) is 0. The summed E-state index contributed by atoms with van der Waals surface area (Å²) < 4.78 is 6.47. The number of allylic oxidation sites excluding steroid dienone is 1. The predicted octanol–water partition coefficient (Wildman–Crippen LogP) is 5.53. The number of nitrogens with two attached hydrogens (primary N) is 2. The second-order valence-corrected chi connectivity index (χ2v) is 21.8. The van der Waals surface area contributed by atoms with Crippen molar-refractivity contribution in [3.05, 3.63) is 11.1 Å². The number of aliphatic hydroxyl groups excluding tert-OH is 1. The Morgan fingerprint density at radius 3 is 2.36 bits per heavy atom. The summed E-state index contributed by atoms with van der Waals surface area (Å²) in [6.07, 6.45) is 16.7. The van der Waals surface area contributed by atoms with Gasteiger partial charge in [-0.2, -0.15) is 0 Å². The average molecular weight is 740 g/mol. The van der Waals surface area contributed by atoms with Crippen molar-refractivity contribution in [1.82, 2.24) is 0 Å². The van der Waals surface area contributed by atoms with Crippen molar-refractivity contribution in [3.8, 4) is 0 Å². The minimum absolute atomic E-state index is 0.0279. The van der Waals surface area contributed by atoms with Gasteiger partial charge in [0.1, 0.15) is 18.4 Å². The third kappa shape index (κ3) is 5.94. The van der Waals surface area contributed by atoms with Crippen LogP contribution in [0.25, 0.3) is 0 Å². The number of Topliss-reactive ketones (excluding diaryl/α,β-unsaturated/α-hetero) is 1. The van der Waals surface area contributed by atoms with E-state index in [4.69, 9.17) is 10.5 Å². The van der Waals surface area contributed by atoms with Crippen LogP contribution in [-0.2, 0) is 9.53 Å². The van der Waals surface area contributed by atoms with Gasteiger partial charge >= 0.3 is 0 Å². The van der Waals surface area contributed by atoms with Crippen molar-refractivity contribution in [3.63, 3.8) is 0 Å². The van der Waals surface area contributed by atoms with Crippen LogP contribution in [0.4, 0.5) is 0 Å². The molecule has 0 radical (unpaired) electrons. The number of ketones is 1. The van der Waals surface area contributed by atoms with E-state index in [1.165, 1.54) is 38.5 Å². The number of aliphatic hydroxyl groups is 4. The first kappa shape index (κ1) is 39.0. The van der Waals surface area contributed by atoms with Gasteiger partial charge in [0.25, 0.3) is 0 Å². The zero-order chi connectivity index (χ0) is 37.9. The zero-order valence-electron chi connectivity index (χ0n) is 34.0. The van der Waals surface area contributed by atoms with E-state index >= 15 is 0 Å². The second kappa shape index (κ2) is 13.3. The molecule has 2 aliphatic heterocycles. The van der Waals surface area contributed by atoms with Crippen LogP contribution in [0.5, 0.6) is 0 Å². The Balaban J connectivity index is 1.10. The summed E-state index contributed by atoms with van der Waals surface area (Å²) in [5.74, 6) is 1.48. The van der Waals surface area contributed by atoms with Crippen LogP contribution in [-0.4, -0.2) is 74.0 Å². The molecular weight excluding hydrogens is 665 g/mol. The smallest absolute Gasteiger partial charge is 0.162 e. The van der Waals surface area contributed by atoms with Crippen molar-refractivity contribution in [2.75, 3.05) is 6.54 Å². The van der Waals surface area contributed by atoms with E-state index in [1.807, 2.05) is 13.8 Å². The number of ether oxygens (including phenoxy) is 1. The quantitative estimate of drug-likeness (QED) is 0.161. The molecule has 53 heavy (non-hydrogen) atoms. The summed E-state index contributed by atoms with van der Waals surface area (Å²) in [4.78, 5) is 14.6. The fourth-order valence-electron chi connectivity index (χ4n) is 14.9. The zero-order valence-corrected chi connectivity index (χ0v) is 34.0. The number of hydrogen-bond donors (Lipinski definition) is 6. The van der Waals surface area contributed by atoms with E-state index in [9.17, 15) is 25.2 Å². The van der Waals surface area contributed by atoms with Gasteiger partial charge in [0.05, 0.1) is 29.5 Å². The van der Waals surface area contributed by atoms with Crippen LogP contribution in [0.2, 0.25) is 0 Å². The minimum atomic E-state index is -1.26. The molecule has 8 aliphatic rings. The maximum atomic E-state index is 14.6. The van der Waals surface area contributed by atoms with E-state index in [-0.39, 0.29) is 41.0 Å². The van der Waals surface area contributed by atoms with Gasteiger partial charge in [-0.05, 0) is 142 Å².